The molecule has 2 aliphatic rings. The number of hydrogen-bond acceptors (Lipinski definition) is 6. The van der Waals surface area contributed by atoms with E-state index in [1.165, 1.54) is 0 Å². The van der Waals surface area contributed by atoms with E-state index in [0.717, 1.165) is 57.8 Å². The third-order valence-electron chi connectivity index (χ3n) is 4.64. The first kappa shape index (κ1) is 15.7. The molecule has 2 aliphatic heterocycles. The maximum atomic E-state index is 10.3. The lowest BCUT2D eigenvalue weighted by molar-refractivity contribution is 0.0217. The number of anilines is 1. The lowest BCUT2D eigenvalue weighted by Gasteiger charge is -2.33. The first-order valence-electron chi connectivity index (χ1n) is 8.14. The maximum Gasteiger partial charge on any atom is 0.127 e. The van der Waals surface area contributed by atoms with Crippen molar-refractivity contribution < 1.29 is 9.84 Å². The minimum atomic E-state index is -0.316. The highest BCUT2D eigenvalue weighted by molar-refractivity contribution is 5.38. The van der Waals surface area contributed by atoms with Gasteiger partial charge in [-0.2, -0.15) is 0 Å². The van der Waals surface area contributed by atoms with Gasteiger partial charge in [-0.05, 0) is 18.9 Å². The van der Waals surface area contributed by atoms with Gasteiger partial charge in [0.15, 0.2) is 0 Å². The lowest BCUT2D eigenvalue weighted by Crippen LogP contribution is -2.43. The number of nitrogens with zero attached hydrogens (tertiary/aromatic N) is 3. The topological polar surface area (TPSA) is 74.9 Å². The van der Waals surface area contributed by atoms with E-state index in [1.807, 2.05) is 12.1 Å². The van der Waals surface area contributed by atoms with Gasteiger partial charge in [-0.1, -0.05) is 6.07 Å². The van der Waals surface area contributed by atoms with Crippen LogP contribution in [0.15, 0.2) is 18.3 Å². The van der Waals surface area contributed by atoms with Crippen LogP contribution in [-0.4, -0.2) is 71.4 Å². The van der Waals surface area contributed by atoms with E-state index in [4.69, 9.17) is 10.5 Å². The predicted octanol–water partition coefficient (Wildman–Crippen LogP) is 0.321. The Morgan fingerprint density at radius 1 is 1.27 bits per heavy atom. The van der Waals surface area contributed by atoms with Gasteiger partial charge < -0.3 is 15.6 Å². The fourth-order valence-electron chi connectivity index (χ4n) is 3.43. The van der Waals surface area contributed by atoms with Crippen molar-refractivity contribution in [3.05, 3.63) is 23.9 Å². The standard InChI is InChI=1S/C16H26N4O2/c17-16-13(2-1-5-18-16)10-19-6-7-20(12-15(21)11-19)14-3-8-22-9-4-14/h1-2,5,14-15,21H,3-4,6-12H2,(H2,17,18). The van der Waals surface area contributed by atoms with Crippen LogP contribution in [0.5, 0.6) is 0 Å². The van der Waals surface area contributed by atoms with Gasteiger partial charge in [-0.25, -0.2) is 4.98 Å². The molecule has 1 aromatic heterocycles. The van der Waals surface area contributed by atoms with Crippen molar-refractivity contribution in [3.63, 3.8) is 0 Å². The van der Waals surface area contributed by atoms with Crippen LogP contribution in [0.25, 0.3) is 0 Å². The molecule has 0 radical (unpaired) electrons. The minimum Gasteiger partial charge on any atom is -0.390 e. The fourth-order valence-corrected chi connectivity index (χ4v) is 3.43. The Hall–Kier alpha value is -1.21. The first-order valence-corrected chi connectivity index (χ1v) is 8.14. The Morgan fingerprint density at radius 2 is 2.09 bits per heavy atom. The van der Waals surface area contributed by atoms with Gasteiger partial charge >= 0.3 is 0 Å². The summed E-state index contributed by atoms with van der Waals surface area (Å²) in [7, 11) is 0. The predicted molar refractivity (Wildman–Crippen MR) is 85.3 cm³/mol. The molecule has 3 rings (SSSR count). The summed E-state index contributed by atoms with van der Waals surface area (Å²) < 4.78 is 5.44. The highest BCUT2D eigenvalue weighted by Gasteiger charge is 2.27. The van der Waals surface area contributed by atoms with E-state index < -0.39 is 0 Å². The Balaban J connectivity index is 1.60. The van der Waals surface area contributed by atoms with Crippen LogP contribution in [0.1, 0.15) is 18.4 Å². The van der Waals surface area contributed by atoms with Gasteiger partial charge in [0.25, 0.3) is 0 Å². The van der Waals surface area contributed by atoms with Crippen LogP contribution < -0.4 is 5.73 Å². The summed E-state index contributed by atoms with van der Waals surface area (Å²) in [5.41, 5.74) is 6.97. The second-order valence-corrected chi connectivity index (χ2v) is 6.28. The van der Waals surface area contributed by atoms with Crippen molar-refractivity contribution in [2.45, 2.75) is 31.5 Å². The molecule has 1 unspecified atom stereocenters. The molecule has 1 aromatic rings. The molecule has 0 amide bonds. The van der Waals surface area contributed by atoms with E-state index in [9.17, 15) is 5.11 Å². The van der Waals surface area contributed by atoms with Crippen LogP contribution in [0.3, 0.4) is 0 Å². The van der Waals surface area contributed by atoms with Crippen LogP contribution in [-0.2, 0) is 11.3 Å². The van der Waals surface area contributed by atoms with Gasteiger partial charge in [0.2, 0.25) is 0 Å². The zero-order chi connectivity index (χ0) is 15.4. The molecule has 6 heteroatoms. The Kier molecular flexibility index (Phi) is 5.25. The third-order valence-corrected chi connectivity index (χ3v) is 4.64. The molecular weight excluding hydrogens is 280 g/mol. The smallest absolute Gasteiger partial charge is 0.127 e. The molecule has 3 N–H and O–H groups in total. The highest BCUT2D eigenvalue weighted by atomic mass is 16.5. The van der Waals surface area contributed by atoms with Crippen molar-refractivity contribution in [3.8, 4) is 0 Å². The number of nitrogen functional groups attached to an aromatic ring is 1. The van der Waals surface area contributed by atoms with E-state index in [0.29, 0.717) is 18.4 Å². The zero-order valence-corrected chi connectivity index (χ0v) is 13.0. The summed E-state index contributed by atoms with van der Waals surface area (Å²) in [6.07, 6.45) is 3.54. The first-order chi connectivity index (χ1) is 10.7. The number of aromatic nitrogens is 1. The SMILES string of the molecule is Nc1ncccc1CN1CCN(C2CCOCC2)CC(O)C1. The quantitative estimate of drug-likeness (QED) is 0.838. The molecule has 2 saturated heterocycles. The molecule has 22 heavy (non-hydrogen) atoms. The van der Waals surface area contributed by atoms with Gasteiger partial charge in [-0.15, -0.1) is 0 Å². The molecule has 0 saturated carbocycles. The van der Waals surface area contributed by atoms with Crippen molar-refractivity contribution in [1.82, 2.24) is 14.8 Å². The largest absolute Gasteiger partial charge is 0.390 e. The van der Waals surface area contributed by atoms with Crippen LogP contribution in [0.4, 0.5) is 5.82 Å². The fraction of sp³-hybridized carbons (Fsp3) is 0.688. The lowest BCUT2D eigenvalue weighted by atomic mass is 10.1. The molecule has 6 nitrogen and oxygen atoms in total. The van der Waals surface area contributed by atoms with Crippen LogP contribution >= 0.6 is 0 Å². The Labute approximate surface area is 131 Å². The number of ether oxygens (including phenoxy) is 1. The van der Waals surface area contributed by atoms with Crippen LogP contribution in [0, 0.1) is 0 Å². The Bertz CT molecular complexity index is 479. The second kappa shape index (κ2) is 7.37. The molecule has 0 spiro atoms. The molecule has 1 atom stereocenters. The Morgan fingerprint density at radius 3 is 2.86 bits per heavy atom. The highest BCUT2D eigenvalue weighted by Crippen LogP contribution is 2.18. The molecule has 0 aliphatic carbocycles. The summed E-state index contributed by atoms with van der Waals surface area (Å²) in [4.78, 5) is 8.85. The van der Waals surface area contributed by atoms with Crippen molar-refractivity contribution >= 4 is 5.82 Å². The molecular formula is C16H26N4O2. The van der Waals surface area contributed by atoms with Gasteiger partial charge in [0.1, 0.15) is 5.82 Å². The van der Waals surface area contributed by atoms with Crippen molar-refractivity contribution in [2.24, 2.45) is 0 Å². The average Bonchev–Trinajstić information content (AvgIpc) is 2.72. The van der Waals surface area contributed by atoms with Gasteiger partial charge in [0, 0.05) is 63.7 Å². The van der Waals surface area contributed by atoms with E-state index in [-0.39, 0.29) is 6.10 Å². The van der Waals surface area contributed by atoms with Crippen molar-refractivity contribution in [2.75, 3.05) is 45.1 Å². The van der Waals surface area contributed by atoms with E-state index >= 15 is 0 Å². The van der Waals surface area contributed by atoms with E-state index in [1.54, 1.807) is 6.20 Å². The summed E-state index contributed by atoms with van der Waals surface area (Å²) >= 11 is 0. The molecule has 3 heterocycles. The number of aliphatic hydroxyl groups is 1. The summed E-state index contributed by atoms with van der Waals surface area (Å²) in [6, 6.07) is 4.47. The number of nitrogens with two attached hydrogens (primary N) is 1. The molecule has 122 valence electrons. The van der Waals surface area contributed by atoms with Crippen molar-refractivity contribution in [1.29, 1.82) is 0 Å². The molecule has 0 aromatic carbocycles. The zero-order valence-electron chi connectivity index (χ0n) is 13.0. The summed E-state index contributed by atoms with van der Waals surface area (Å²) in [5, 5.41) is 10.3. The monoisotopic (exact) mass is 306 g/mol. The summed E-state index contributed by atoms with van der Waals surface area (Å²) in [5.74, 6) is 0.586. The maximum absolute atomic E-state index is 10.3. The summed E-state index contributed by atoms with van der Waals surface area (Å²) in [6.45, 7) is 5.81. The number of aliphatic hydroxyl groups excluding tert-OH is 1. The molecule has 0 bridgehead atoms. The number of β-amino-alcohol motifs (C(OH)–C–C–N with tert-alkyl or cyclic N) is 1. The third kappa shape index (κ3) is 3.95. The van der Waals surface area contributed by atoms with Gasteiger partial charge in [0.05, 0.1) is 6.10 Å². The van der Waals surface area contributed by atoms with Gasteiger partial charge in [-0.3, -0.25) is 9.80 Å². The normalized spacial score (nSPS) is 26.0. The average molecular weight is 306 g/mol. The minimum absolute atomic E-state index is 0.316. The number of rotatable bonds is 3. The van der Waals surface area contributed by atoms with E-state index in [2.05, 4.69) is 14.8 Å². The second-order valence-electron chi connectivity index (χ2n) is 6.28. The number of hydrogen-bond donors (Lipinski definition) is 2. The number of pyridine rings is 1. The van der Waals surface area contributed by atoms with Crippen LogP contribution in [0.2, 0.25) is 0 Å². The molecule has 2 fully saturated rings.